The van der Waals surface area contributed by atoms with Crippen molar-refractivity contribution in [2.75, 3.05) is 5.32 Å². The minimum Gasteiger partial charge on any atom is -0.481 e. The Morgan fingerprint density at radius 1 is 1.04 bits per heavy atom. The zero-order valence-electron chi connectivity index (χ0n) is 14.3. The Kier molecular flexibility index (Phi) is 4.40. The summed E-state index contributed by atoms with van der Waals surface area (Å²) in [5, 5.41) is 12.4. The molecule has 0 aliphatic heterocycles. The van der Waals surface area contributed by atoms with E-state index in [-0.39, 0.29) is 11.8 Å². The SMILES string of the molecule is O=C(O)C1CC1c1ccc(NCc2cccc(-c3ccccc3)c2)cn1. The molecule has 2 aromatic carbocycles. The molecule has 3 aromatic rings. The molecular weight excluding hydrogens is 324 g/mol. The van der Waals surface area contributed by atoms with Crippen LogP contribution in [0.3, 0.4) is 0 Å². The molecule has 2 atom stereocenters. The maximum absolute atomic E-state index is 11.0. The van der Waals surface area contributed by atoms with Gasteiger partial charge < -0.3 is 10.4 Å². The molecule has 4 heteroatoms. The van der Waals surface area contributed by atoms with Gasteiger partial charge in [-0.3, -0.25) is 9.78 Å². The molecule has 0 bridgehead atoms. The van der Waals surface area contributed by atoms with Crippen LogP contribution in [0.25, 0.3) is 11.1 Å². The highest BCUT2D eigenvalue weighted by Gasteiger charge is 2.45. The number of nitrogens with one attached hydrogen (secondary N) is 1. The van der Waals surface area contributed by atoms with Gasteiger partial charge in [-0.15, -0.1) is 0 Å². The Hall–Kier alpha value is -3.14. The van der Waals surface area contributed by atoms with E-state index in [1.165, 1.54) is 16.7 Å². The van der Waals surface area contributed by atoms with Crippen LogP contribution in [-0.2, 0) is 11.3 Å². The second-order valence-electron chi connectivity index (χ2n) is 6.68. The van der Waals surface area contributed by atoms with E-state index in [0.717, 1.165) is 11.4 Å². The molecule has 1 fully saturated rings. The second-order valence-corrected chi connectivity index (χ2v) is 6.68. The van der Waals surface area contributed by atoms with E-state index in [1.807, 2.05) is 30.3 Å². The molecule has 1 aliphatic carbocycles. The van der Waals surface area contributed by atoms with Gasteiger partial charge in [0.2, 0.25) is 0 Å². The van der Waals surface area contributed by atoms with Crippen molar-refractivity contribution in [3.8, 4) is 11.1 Å². The molecule has 0 saturated heterocycles. The van der Waals surface area contributed by atoms with Crippen molar-refractivity contribution in [2.24, 2.45) is 5.92 Å². The summed E-state index contributed by atoms with van der Waals surface area (Å²) in [4.78, 5) is 15.4. The minimum atomic E-state index is -0.725. The number of aromatic nitrogens is 1. The summed E-state index contributed by atoms with van der Waals surface area (Å²) in [5.41, 5.74) is 5.41. The summed E-state index contributed by atoms with van der Waals surface area (Å²) in [5.74, 6) is -0.913. The first kappa shape index (κ1) is 16.3. The Labute approximate surface area is 152 Å². The molecule has 1 aromatic heterocycles. The quantitative estimate of drug-likeness (QED) is 0.689. The van der Waals surface area contributed by atoms with Crippen LogP contribution in [-0.4, -0.2) is 16.1 Å². The first-order chi connectivity index (χ1) is 12.7. The summed E-state index contributed by atoms with van der Waals surface area (Å²) in [6.07, 6.45) is 2.48. The average Bonchev–Trinajstić information content (AvgIpc) is 3.49. The lowest BCUT2D eigenvalue weighted by atomic mass is 10.0. The number of carbonyl (C=O) groups is 1. The summed E-state index contributed by atoms with van der Waals surface area (Å²) in [6, 6.07) is 22.7. The van der Waals surface area contributed by atoms with Crippen LogP contribution < -0.4 is 5.32 Å². The fourth-order valence-corrected chi connectivity index (χ4v) is 3.22. The highest BCUT2D eigenvalue weighted by atomic mass is 16.4. The van der Waals surface area contributed by atoms with Gasteiger partial charge in [-0.25, -0.2) is 0 Å². The maximum atomic E-state index is 11.0. The molecule has 0 spiro atoms. The van der Waals surface area contributed by atoms with Crippen LogP contribution in [0.1, 0.15) is 23.6 Å². The van der Waals surface area contributed by atoms with E-state index < -0.39 is 5.97 Å². The molecular formula is C22H20N2O2. The summed E-state index contributed by atoms with van der Waals surface area (Å²) < 4.78 is 0. The third-order valence-electron chi connectivity index (χ3n) is 4.80. The van der Waals surface area contributed by atoms with E-state index in [9.17, 15) is 4.79 Å². The number of rotatable bonds is 6. The van der Waals surface area contributed by atoms with Gasteiger partial charge in [-0.1, -0.05) is 48.5 Å². The van der Waals surface area contributed by atoms with E-state index >= 15 is 0 Å². The Bertz CT molecular complexity index is 907. The molecule has 1 aliphatic rings. The largest absolute Gasteiger partial charge is 0.481 e. The Morgan fingerprint density at radius 2 is 1.85 bits per heavy atom. The molecule has 4 nitrogen and oxygen atoms in total. The third kappa shape index (κ3) is 3.59. The standard InChI is InChI=1S/C22H20N2O2/c25-22(26)20-12-19(20)21-10-9-18(14-24-21)23-13-15-5-4-8-17(11-15)16-6-2-1-3-7-16/h1-11,14,19-20,23H,12-13H2,(H,25,26). The van der Waals surface area contributed by atoms with Gasteiger partial charge in [0.05, 0.1) is 17.8 Å². The van der Waals surface area contributed by atoms with Crippen molar-refractivity contribution in [2.45, 2.75) is 18.9 Å². The van der Waals surface area contributed by atoms with Crippen molar-refractivity contribution < 1.29 is 9.90 Å². The lowest BCUT2D eigenvalue weighted by molar-refractivity contribution is -0.138. The number of hydrogen-bond acceptors (Lipinski definition) is 3. The van der Waals surface area contributed by atoms with Crippen LogP contribution >= 0.6 is 0 Å². The number of pyridine rings is 1. The van der Waals surface area contributed by atoms with E-state index in [1.54, 1.807) is 6.20 Å². The lowest BCUT2D eigenvalue weighted by Crippen LogP contribution is -2.02. The predicted octanol–water partition coefficient (Wildman–Crippen LogP) is 4.55. The summed E-state index contributed by atoms with van der Waals surface area (Å²) in [7, 11) is 0. The topological polar surface area (TPSA) is 62.2 Å². The monoisotopic (exact) mass is 344 g/mol. The van der Waals surface area contributed by atoms with Gasteiger partial charge in [-0.2, -0.15) is 0 Å². The van der Waals surface area contributed by atoms with Crippen LogP contribution in [0.4, 0.5) is 5.69 Å². The van der Waals surface area contributed by atoms with Crippen molar-refractivity contribution in [3.05, 3.63) is 84.2 Å². The molecule has 2 unspecified atom stereocenters. The minimum absolute atomic E-state index is 0.0732. The number of carboxylic acid groups (broad SMARTS) is 1. The van der Waals surface area contributed by atoms with Gasteiger partial charge in [0.25, 0.3) is 0 Å². The summed E-state index contributed by atoms with van der Waals surface area (Å²) >= 11 is 0. The molecule has 4 rings (SSSR count). The highest BCUT2D eigenvalue weighted by Crippen LogP contribution is 2.46. The smallest absolute Gasteiger partial charge is 0.307 e. The van der Waals surface area contributed by atoms with Crippen molar-refractivity contribution in [1.82, 2.24) is 4.98 Å². The molecule has 1 heterocycles. The number of nitrogens with zero attached hydrogens (tertiary/aromatic N) is 1. The summed E-state index contributed by atoms with van der Waals surface area (Å²) in [6.45, 7) is 0.711. The van der Waals surface area contributed by atoms with Gasteiger partial charge >= 0.3 is 5.97 Å². The molecule has 2 N–H and O–H groups in total. The zero-order valence-corrected chi connectivity index (χ0v) is 14.3. The fraction of sp³-hybridized carbons (Fsp3) is 0.182. The number of hydrogen-bond donors (Lipinski definition) is 2. The van der Waals surface area contributed by atoms with E-state index in [2.05, 4.69) is 46.7 Å². The Balaban J connectivity index is 1.39. The first-order valence-electron chi connectivity index (χ1n) is 8.78. The van der Waals surface area contributed by atoms with Gasteiger partial charge in [0.1, 0.15) is 0 Å². The molecule has 0 radical (unpaired) electrons. The zero-order chi connectivity index (χ0) is 17.9. The van der Waals surface area contributed by atoms with Crippen LogP contribution in [0.15, 0.2) is 72.9 Å². The van der Waals surface area contributed by atoms with E-state index in [4.69, 9.17) is 5.11 Å². The van der Waals surface area contributed by atoms with Crippen LogP contribution in [0.5, 0.6) is 0 Å². The molecule has 0 amide bonds. The van der Waals surface area contributed by atoms with Gasteiger partial charge in [0, 0.05) is 18.2 Å². The van der Waals surface area contributed by atoms with Crippen molar-refractivity contribution in [1.29, 1.82) is 0 Å². The maximum Gasteiger partial charge on any atom is 0.307 e. The van der Waals surface area contributed by atoms with Crippen LogP contribution in [0, 0.1) is 5.92 Å². The van der Waals surface area contributed by atoms with Gasteiger partial charge in [-0.05, 0) is 41.3 Å². The lowest BCUT2D eigenvalue weighted by Gasteiger charge is -2.09. The molecule has 1 saturated carbocycles. The van der Waals surface area contributed by atoms with E-state index in [0.29, 0.717) is 13.0 Å². The average molecular weight is 344 g/mol. The second kappa shape index (κ2) is 7.00. The molecule has 26 heavy (non-hydrogen) atoms. The highest BCUT2D eigenvalue weighted by molar-refractivity contribution is 5.75. The van der Waals surface area contributed by atoms with Crippen LogP contribution in [0.2, 0.25) is 0 Å². The van der Waals surface area contributed by atoms with Crippen molar-refractivity contribution in [3.63, 3.8) is 0 Å². The van der Waals surface area contributed by atoms with Gasteiger partial charge in [0.15, 0.2) is 0 Å². The Morgan fingerprint density at radius 3 is 2.54 bits per heavy atom. The number of carboxylic acids is 1. The molecule has 130 valence electrons. The fourth-order valence-electron chi connectivity index (χ4n) is 3.22. The third-order valence-corrected chi connectivity index (χ3v) is 4.80. The number of aliphatic carboxylic acids is 1. The van der Waals surface area contributed by atoms with Crippen molar-refractivity contribution >= 4 is 11.7 Å². The number of benzene rings is 2. The number of anilines is 1. The normalized spacial score (nSPS) is 18.3. The predicted molar refractivity (Wildman–Crippen MR) is 102 cm³/mol. The first-order valence-corrected chi connectivity index (χ1v) is 8.78.